The van der Waals surface area contributed by atoms with Crippen molar-refractivity contribution in [3.63, 3.8) is 0 Å². The van der Waals surface area contributed by atoms with E-state index in [2.05, 4.69) is 6.07 Å². The third-order valence-electron chi connectivity index (χ3n) is 2.77. The molecule has 1 aromatic rings. The lowest BCUT2D eigenvalue weighted by atomic mass is 9.94. The van der Waals surface area contributed by atoms with Crippen molar-refractivity contribution in [1.82, 2.24) is 0 Å². The molecule has 14 heavy (non-hydrogen) atoms. The molecule has 0 aromatic heterocycles. The van der Waals surface area contributed by atoms with Crippen molar-refractivity contribution in [1.29, 1.82) is 5.26 Å². The lowest BCUT2D eigenvalue weighted by molar-refractivity contribution is 0.275. The Balaban J connectivity index is 2.50. The molecular weight excluding hydrogens is 178 g/mol. The van der Waals surface area contributed by atoms with Crippen molar-refractivity contribution < 1.29 is 10.2 Å². The fraction of sp³-hybridized carbons (Fsp3) is 0.364. The minimum absolute atomic E-state index is 0.0778. The van der Waals surface area contributed by atoms with Crippen LogP contribution in [0.25, 0.3) is 0 Å². The third kappa shape index (κ3) is 1.16. The van der Waals surface area contributed by atoms with Crippen LogP contribution in [0.4, 0.5) is 0 Å². The first kappa shape index (κ1) is 9.04. The zero-order chi connectivity index (χ0) is 10.2. The zero-order valence-electron chi connectivity index (χ0n) is 7.70. The van der Waals surface area contributed by atoms with E-state index < -0.39 is 5.41 Å². The van der Waals surface area contributed by atoms with Crippen LogP contribution in [0.1, 0.15) is 24.0 Å². The van der Waals surface area contributed by atoms with Gasteiger partial charge in [0.1, 0.15) is 5.75 Å². The first-order valence-electron chi connectivity index (χ1n) is 4.57. The summed E-state index contributed by atoms with van der Waals surface area (Å²) < 4.78 is 0. The molecule has 0 radical (unpaired) electrons. The molecule has 0 saturated heterocycles. The molecule has 1 aliphatic rings. The van der Waals surface area contributed by atoms with Crippen LogP contribution in [-0.2, 0) is 12.0 Å². The first-order valence-corrected chi connectivity index (χ1v) is 4.57. The summed E-state index contributed by atoms with van der Waals surface area (Å²) in [4.78, 5) is 0. The lowest BCUT2D eigenvalue weighted by Crippen LogP contribution is -2.04. The van der Waals surface area contributed by atoms with Gasteiger partial charge in [-0.3, -0.25) is 0 Å². The molecule has 2 rings (SSSR count). The van der Waals surface area contributed by atoms with Crippen molar-refractivity contribution in [3.05, 3.63) is 29.3 Å². The normalized spacial score (nSPS) is 17.4. The van der Waals surface area contributed by atoms with Crippen molar-refractivity contribution in [2.75, 3.05) is 0 Å². The molecule has 0 heterocycles. The summed E-state index contributed by atoms with van der Waals surface area (Å²) in [6.07, 6.45) is 1.60. The van der Waals surface area contributed by atoms with E-state index in [1.807, 2.05) is 0 Å². The van der Waals surface area contributed by atoms with Crippen molar-refractivity contribution in [2.45, 2.75) is 24.9 Å². The topological polar surface area (TPSA) is 64.2 Å². The third-order valence-corrected chi connectivity index (χ3v) is 2.77. The molecule has 1 aliphatic carbocycles. The number of benzene rings is 1. The number of rotatable bonds is 2. The van der Waals surface area contributed by atoms with Gasteiger partial charge in [-0.25, -0.2) is 0 Å². The Kier molecular flexibility index (Phi) is 1.94. The van der Waals surface area contributed by atoms with E-state index >= 15 is 0 Å². The average molecular weight is 189 g/mol. The maximum atomic E-state index is 9.78. The highest BCUT2D eigenvalue weighted by Crippen LogP contribution is 2.51. The number of para-hydroxylation sites is 1. The van der Waals surface area contributed by atoms with Crippen LogP contribution in [0.5, 0.6) is 5.75 Å². The molecule has 1 aromatic carbocycles. The maximum absolute atomic E-state index is 9.78. The largest absolute Gasteiger partial charge is 0.507 e. The Hall–Kier alpha value is -1.53. The average Bonchev–Trinajstić information content (AvgIpc) is 2.99. The number of nitrogens with zero attached hydrogens (tertiary/aromatic N) is 1. The van der Waals surface area contributed by atoms with Crippen LogP contribution in [0, 0.1) is 11.3 Å². The molecule has 0 spiro atoms. The van der Waals surface area contributed by atoms with Gasteiger partial charge >= 0.3 is 0 Å². The van der Waals surface area contributed by atoms with Gasteiger partial charge in [-0.2, -0.15) is 5.26 Å². The van der Waals surface area contributed by atoms with E-state index in [1.165, 1.54) is 0 Å². The highest BCUT2D eigenvalue weighted by Gasteiger charge is 2.46. The molecule has 2 N–H and O–H groups in total. The number of aromatic hydroxyl groups is 1. The number of phenols is 1. The molecule has 72 valence electrons. The number of aliphatic hydroxyl groups excluding tert-OH is 1. The van der Waals surface area contributed by atoms with Crippen LogP contribution < -0.4 is 0 Å². The van der Waals surface area contributed by atoms with Crippen LogP contribution in [0.15, 0.2) is 18.2 Å². The molecule has 1 saturated carbocycles. The number of aliphatic hydroxyl groups is 1. The quantitative estimate of drug-likeness (QED) is 0.739. The van der Waals surface area contributed by atoms with E-state index in [1.54, 1.807) is 18.2 Å². The number of nitriles is 1. The molecule has 0 amide bonds. The molecule has 3 nitrogen and oxygen atoms in total. The van der Waals surface area contributed by atoms with Crippen LogP contribution in [-0.4, -0.2) is 10.2 Å². The summed E-state index contributed by atoms with van der Waals surface area (Å²) in [6.45, 7) is -0.193. The highest BCUT2D eigenvalue weighted by molar-refractivity contribution is 5.50. The maximum Gasteiger partial charge on any atom is 0.125 e. The number of hydrogen-bond acceptors (Lipinski definition) is 3. The van der Waals surface area contributed by atoms with Crippen molar-refractivity contribution in [3.8, 4) is 11.8 Å². The van der Waals surface area contributed by atoms with E-state index in [-0.39, 0.29) is 12.4 Å². The fourth-order valence-corrected chi connectivity index (χ4v) is 1.67. The Labute approximate surface area is 82.2 Å². The second kappa shape index (κ2) is 3.00. The molecule has 0 atom stereocenters. The van der Waals surface area contributed by atoms with E-state index in [0.717, 1.165) is 12.8 Å². The van der Waals surface area contributed by atoms with Gasteiger partial charge in [0.15, 0.2) is 0 Å². The summed E-state index contributed by atoms with van der Waals surface area (Å²) >= 11 is 0. The number of hydrogen-bond donors (Lipinski definition) is 2. The van der Waals surface area contributed by atoms with Gasteiger partial charge in [-0.15, -0.1) is 0 Å². The Morgan fingerprint density at radius 3 is 2.64 bits per heavy atom. The second-order valence-electron chi connectivity index (χ2n) is 3.67. The predicted octanol–water partition coefficient (Wildman–Crippen LogP) is 1.44. The molecular formula is C11H11NO2. The van der Waals surface area contributed by atoms with Crippen molar-refractivity contribution >= 4 is 0 Å². The predicted molar refractivity (Wildman–Crippen MR) is 50.6 cm³/mol. The monoisotopic (exact) mass is 189 g/mol. The van der Waals surface area contributed by atoms with Gasteiger partial charge in [-0.05, 0) is 12.8 Å². The zero-order valence-corrected chi connectivity index (χ0v) is 7.70. The lowest BCUT2D eigenvalue weighted by Gasteiger charge is -2.11. The van der Waals surface area contributed by atoms with Crippen LogP contribution >= 0.6 is 0 Å². The minimum atomic E-state index is -0.491. The summed E-state index contributed by atoms with van der Waals surface area (Å²) in [5.74, 6) is 0.0778. The minimum Gasteiger partial charge on any atom is -0.507 e. The van der Waals surface area contributed by atoms with Crippen LogP contribution in [0.2, 0.25) is 0 Å². The summed E-state index contributed by atoms with van der Waals surface area (Å²) in [7, 11) is 0. The fourth-order valence-electron chi connectivity index (χ4n) is 1.67. The molecule has 1 fully saturated rings. The second-order valence-corrected chi connectivity index (χ2v) is 3.67. The molecule has 0 unspecified atom stereocenters. The first-order chi connectivity index (χ1) is 6.73. The highest BCUT2D eigenvalue weighted by atomic mass is 16.3. The Morgan fingerprint density at radius 1 is 1.43 bits per heavy atom. The van der Waals surface area contributed by atoms with Gasteiger partial charge in [-0.1, -0.05) is 18.2 Å². The van der Waals surface area contributed by atoms with E-state index in [9.17, 15) is 5.11 Å². The molecule has 0 bridgehead atoms. The van der Waals surface area contributed by atoms with Gasteiger partial charge in [0.05, 0.1) is 18.1 Å². The summed E-state index contributed by atoms with van der Waals surface area (Å²) in [6, 6.07) is 7.39. The standard InChI is InChI=1S/C11H11NO2/c12-7-11(4-5-11)9-3-1-2-8(6-13)10(9)14/h1-3,13-14H,4-6H2. The van der Waals surface area contributed by atoms with Gasteiger partial charge in [0.25, 0.3) is 0 Å². The summed E-state index contributed by atoms with van der Waals surface area (Å²) in [5.41, 5.74) is 0.658. The van der Waals surface area contributed by atoms with Crippen LogP contribution in [0.3, 0.4) is 0 Å². The van der Waals surface area contributed by atoms with Gasteiger partial charge in [0, 0.05) is 11.1 Å². The van der Waals surface area contributed by atoms with Crippen molar-refractivity contribution in [2.24, 2.45) is 0 Å². The SMILES string of the molecule is N#CC1(c2cccc(CO)c2O)CC1. The van der Waals surface area contributed by atoms with E-state index in [0.29, 0.717) is 11.1 Å². The Bertz CT molecular complexity index is 402. The molecule has 0 aliphatic heterocycles. The van der Waals surface area contributed by atoms with Gasteiger partial charge in [0.2, 0.25) is 0 Å². The molecule has 3 heteroatoms. The van der Waals surface area contributed by atoms with Gasteiger partial charge < -0.3 is 10.2 Å². The van der Waals surface area contributed by atoms with E-state index in [4.69, 9.17) is 10.4 Å². The summed E-state index contributed by atoms with van der Waals surface area (Å²) in [5, 5.41) is 27.7. The Morgan fingerprint density at radius 2 is 2.14 bits per heavy atom. The smallest absolute Gasteiger partial charge is 0.125 e.